The van der Waals surface area contributed by atoms with Crippen LogP contribution in [0, 0.1) is 16.2 Å². The predicted octanol–water partition coefficient (Wildman–Crippen LogP) is 6.55. The first kappa shape index (κ1) is 33.3. The van der Waals surface area contributed by atoms with Gasteiger partial charge in [-0.1, -0.05) is 97.8 Å². The van der Waals surface area contributed by atoms with Crippen molar-refractivity contribution < 1.29 is 14.4 Å². The number of carbonyl (C=O) groups excluding carboxylic acids is 3. The average Bonchev–Trinajstić information content (AvgIpc) is 3.06. The van der Waals surface area contributed by atoms with E-state index in [0.717, 1.165) is 32.7 Å². The molecule has 5 rings (SSSR count). The van der Waals surface area contributed by atoms with Crippen molar-refractivity contribution in [2.24, 2.45) is 16.9 Å². The van der Waals surface area contributed by atoms with Gasteiger partial charge in [0.1, 0.15) is 5.41 Å². The van der Waals surface area contributed by atoms with Crippen molar-refractivity contribution in [3.63, 3.8) is 0 Å². The van der Waals surface area contributed by atoms with Crippen LogP contribution in [0.15, 0.2) is 84.9 Å². The van der Waals surface area contributed by atoms with Crippen molar-refractivity contribution in [2.75, 3.05) is 13.1 Å². The molecule has 9 heteroatoms. The number of amidine groups is 2. The predicted molar refractivity (Wildman–Crippen MR) is 187 cm³/mol. The fourth-order valence-corrected chi connectivity index (χ4v) is 6.61. The van der Waals surface area contributed by atoms with Gasteiger partial charge in [0.15, 0.2) is 0 Å². The number of nitrogens with zero attached hydrogens (tertiary/aromatic N) is 2. The summed E-state index contributed by atoms with van der Waals surface area (Å²) in [4.78, 5) is 46.0. The number of fused-ring (bicyclic) bond motifs is 2. The summed E-state index contributed by atoms with van der Waals surface area (Å²) in [6.45, 7) is 0.363. The summed E-state index contributed by atoms with van der Waals surface area (Å²) in [7, 11) is 0. The van der Waals surface area contributed by atoms with Crippen LogP contribution in [0.2, 0.25) is 0 Å². The molecule has 9 nitrogen and oxygen atoms in total. The standard InChI is InChI=1S/C38H44N6O3/c39-33(40)15-3-1-9-21-43-35(45)38(25-27-17-19-29-11-5-7-13-31(29)23-27,26-28-18-20-30-12-6-8-14-32(30)24-28)36(46)44(37(43)47)22-10-2-4-16-34(41)42/h5-8,11-14,17-20,23-24H,1-4,9-10,15-16,21-22,25-26H2,(H3,39,40)(H3,41,42). The number of imide groups is 2. The van der Waals surface area contributed by atoms with Crippen LogP contribution >= 0.6 is 0 Å². The molecule has 1 saturated heterocycles. The van der Waals surface area contributed by atoms with Crippen molar-refractivity contribution >= 4 is 51.1 Å². The van der Waals surface area contributed by atoms with E-state index in [1.54, 1.807) is 0 Å². The molecule has 0 bridgehead atoms. The number of carbonyl (C=O) groups is 3. The molecule has 0 atom stereocenters. The number of urea groups is 1. The minimum Gasteiger partial charge on any atom is -0.388 e. The number of barbiturate groups is 1. The maximum Gasteiger partial charge on any atom is 0.333 e. The van der Waals surface area contributed by atoms with Gasteiger partial charge in [-0.3, -0.25) is 30.2 Å². The second-order valence-electron chi connectivity index (χ2n) is 12.7. The zero-order valence-electron chi connectivity index (χ0n) is 26.8. The number of nitrogens with one attached hydrogen (secondary N) is 2. The summed E-state index contributed by atoms with van der Waals surface area (Å²) in [6, 6.07) is 27.4. The molecular formula is C38H44N6O3. The molecule has 0 spiro atoms. The highest BCUT2D eigenvalue weighted by atomic mass is 16.2. The molecule has 1 fully saturated rings. The third kappa shape index (κ3) is 7.85. The Bertz CT molecular complexity index is 1670. The van der Waals surface area contributed by atoms with Crippen LogP contribution in [-0.4, -0.2) is 52.4 Å². The van der Waals surface area contributed by atoms with E-state index < -0.39 is 23.3 Å². The zero-order chi connectivity index (χ0) is 33.4. The fourth-order valence-electron chi connectivity index (χ4n) is 6.61. The van der Waals surface area contributed by atoms with Gasteiger partial charge in [0.25, 0.3) is 0 Å². The Hall–Kier alpha value is -5.05. The van der Waals surface area contributed by atoms with Crippen molar-refractivity contribution in [1.29, 1.82) is 10.8 Å². The minimum absolute atomic E-state index is 0.112. The lowest BCUT2D eigenvalue weighted by molar-refractivity contribution is -0.159. The van der Waals surface area contributed by atoms with Gasteiger partial charge in [0.05, 0.1) is 11.7 Å². The lowest BCUT2D eigenvalue weighted by atomic mass is 9.72. The maximum absolute atomic E-state index is 14.7. The van der Waals surface area contributed by atoms with Gasteiger partial charge in [0.2, 0.25) is 11.8 Å². The van der Waals surface area contributed by atoms with Gasteiger partial charge in [-0.2, -0.15) is 0 Å². The maximum atomic E-state index is 14.7. The van der Waals surface area contributed by atoms with E-state index in [2.05, 4.69) is 0 Å². The molecule has 47 heavy (non-hydrogen) atoms. The van der Waals surface area contributed by atoms with E-state index in [0.29, 0.717) is 51.4 Å². The first-order valence-corrected chi connectivity index (χ1v) is 16.5. The van der Waals surface area contributed by atoms with E-state index in [9.17, 15) is 14.4 Å². The molecule has 4 aromatic carbocycles. The molecule has 4 amide bonds. The quantitative estimate of drug-likeness (QED) is 0.0477. The number of benzene rings is 4. The average molecular weight is 633 g/mol. The summed E-state index contributed by atoms with van der Waals surface area (Å²) in [5.74, 6) is -0.704. The normalized spacial score (nSPS) is 14.7. The van der Waals surface area contributed by atoms with Crippen molar-refractivity contribution in [3.8, 4) is 0 Å². The largest absolute Gasteiger partial charge is 0.388 e. The molecule has 0 saturated carbocycles. The van der Waals surface area contributed by atoms with Crippen molar-refractivity contribution in [1.82, 2.24) is 9.80 Å². The second kappa shape index (κ2) is 15.0. The molecule has 0 aromatic heterocycles. The zero-order valence-corrected chi connectivity index (χ0v) is 26.8. The molecular weight excluding hydrogens is 588 g/mol. The van der Waals surface area contributed by atoms with E-state index in [-0.39, 0.29) is 37.6 Å². The van der Waals surface area contributed by atoms with Crippen LogP contribution in [0.3, 0.4) is 0 Å². The third-order valence-corrected chi connectivity index (χ3v) is 9.07. The van der Waals surface area contributed by atoms with Gasteiger partial charge in [0, 0.05) is 25.9 Å². The van der Waals surface area contributed by atoms with Gasteiger partial charge < -0.3 is 11.5 Å². The lowest BCUT2D eigenvalue weighted by Crippen LogP contribution is -2.66. The molecule has 1 aliphatic heterocycles. The van der Waals surface area contributed by atoms with E-state index in [4.69, 9.17) is 22.3 Å². The van der Waals surface area contributed by atoms with Gasteiger partial charge in [-0.15, -0.1) is 0 Å². The number of rotatable bonds is 16. The Morgan fingerprint density at radius 3 is 1.36 bits per heavy atom. The van der Waals surface area contributed by atoms with E-state index in [1.165, 1.54) is 9.80 Å². The minimum atomic E-state index is -1.53. The van der Waals surface area contributed by atoms with Crippen LogP contribution in [0.25, 0.3) is 21.5 Å². The molecule has 0 unspecified atom stereocenters. The summed E-state index contributed by atoms with van der Waals surface area (Å²) < 4.78 is 0. The van der Waals surface area contributed by atoms with E-state index >= 15 is 0 Å². The van der Waals surface area contributed by atoms with E-state index in [1.807, 2.05) is 84.9 Å². The molecule has 6 N–H and O–H groups in total. The Balaban J connectivity index is 1.53. The smallest absolute Gasteiger partial charge is 0.333 e. The summed E-state index contributed by atoms with van der Waals surface area (Å²) >= 11 is 0. The summed E-state index contributed by atoms with van der Waals surface area (Å²) in [6.07, 6.45) is 5.07. The molecule has 0 radical (unpaired) electrons. The van der Waals surface area contributed by atoms with Gasteiger partial charge >= 0.3 is 6.03 Å². The summed E-state index contributed by atoms with van der Waals surface area (Å²) in [5, 5.41) is 19.2. The lowest BCUT2D eigenvalue weighted by Gasteiger charge is -2.44. The first-order valence-electron chi connectivity index (χ1n) is 16.5. The highest BCUT2D eigenvalue weighted by Gasteiger charge is 2.56. The van der Waals surface area contributed by atoms with Crippen LogP contribution in [0.5, 0.6) is 0 Å². The first-order chi connectivity index (χ1) is 22.7. The van der Waals surface area contributed by atoms with Crippen LogP contribution in [0.1, 0.15) is 62.5 Å². The molecule has 1 aliphatic rings. The van der Waals surface area contributed by atoms with Gasteiger partial charge in [-0.05, 0) is 71.2 Å². The van der Waals surface area contributed by atoms with Crippen molar-refractivity contribution in [3.05, 3.63) is 96.1 Å². The Morgan fingerprint density at radius 1 is 0.553 bits per heavy atom. The number of amides is 4. The highest BCUT2D eigenvalue weighted by Crippen LogP contribution is 2.38. The number of hydrogen-bond donors (Lipinski definition) is 4. The summed E-state index contributed by atoms with van der Waals surface area (Å²) in [5.41, 5.74) is 11.2. The Labute approximate surface area is 275 Å². The number of nitrogens with two attached hydrogens (primary N) is 2. The molecule has 4 aromatic rings. The topological polar surface area (TPSA) is 157 Å². The highest BCUT2D eigenvalue weighted by molar-refractivity contribution is 6.19. The van der Waals surface area contributed by atoms with Crippen LogP contribution in [0.4, 0.5) is 4.79 Å². The fraction of sp³-hybridized carbons (Fsp3) is 0.342. The van der Waals surface area contributed by atoms with Gasteiger partial charge in [-0.25, -0.2) is 4.79 Å². The van der Waals surface area contributed by atoms with Crippen LogP contribution < -0.4 is 11.5 Å². The molecule has 1 heterocycles. The molecule has 244 valence electrons. The second-order valence-corrected chi connectivity index (χ2v) is 12.7. The third-order valence-electron chi connectivity index (χ3n) is 9.07. The van der Waals surface area contributed by atoms with Crippen LogP contribution in [-0.2, 0) is 22.4 Å². The Kier molecular flexibility index (Phi) is 10.7. The number of hydrogen-bond acceptors (Lipinski definition) is 5. The SMILES string of the molecule is N=C(N)CCCCCN1C(=O)N(CCCCCC(=N)N)C(=O)C(Cc2ccc3ccccc3c2)(Cc2ccc3ccccc3c2)C1=O. The monoisotopic (exact) mass is 632 g/mol. The molecule has 0 aliphatic carbocycles. The number of unbranched alkanes of at least 4 members (excludes halogenated alkanes) is 4. The Morgan fingerprint density at radius 2 is 0.957 bits per heavy atom. The van der Waals surface area contributed by atoms with Crippen molar-refractivity contribution in [2.45, 2.75) is 64.2 Å².